The molecule has 0 aromatic carbocycles. The number of allylic oxidation sites excluding steroid dienone is 1. The predicted octanol–water partition coefficient (Wildman–Crippen LogP) is 2.60. The van der Waals surface area contributed by atoms with Gasteiger partial charge in [0.15, 0.2) is 0 Å². The SMILES string of the molecule is C=CC1N=C(C)CC1/C=C/C. The molecule has 1 nitrogen and oxygen atoms in total. The fourth-order valence-corrected chi connectivity index (χ4v) is 1.52. The van der Waals surface area contributed by atoms with Gasteiger partial charge < -0.3 is 0 Å². The van der Waals surface area contributed by atoms with E-state index in [1.54, 1.807) is 0 Å². The fraction of sp³-hybridized carbons (Fsp3) is 0.500. The molecular weight excluding hydrogens is 134 g/mol. The molecule has 0 bridgehead atoms. The van der Waals surface area contributed by atoms with Crippen LogP contribution in [0.1, 0.15) is 20.3 Å². The Kier molecular flexibility index (Phi) is 2.64. The highest BCUT2D eigenvalue weighted by Gasteiger charge is 2.21. The van der Waals surface area contributed by atoms with Gasteiger partial charge in [-0.25, -0.2) is 0 Å². The Labute approximate surface area is 68.5 Å². The third-order valence-electron chi connectivity index (χ3n) is 2.02. The lowest BCUT2D eigenvalue weighted by atomic mass is 9.98. The summed E-state index contributed by atoms with van der Waals surface area (Å²) >= 11 is 0. The van der Waals surface area contributed by atoms with Crippen LogP contribution in [0.15, 0.2) is 29.8 Å². The average molecular weight is 149 g/mol. The standard InChI is InChI=1S/C10H15N/c1-4-6-9-7-8(3)11-10(9)5-2/h4-6,9-10H,2,7H2,1,3H3/b6-4+. The van der Waals surface area contributed by atoms with Gasteiger partial charge in [-0.2, -0.15) is 0 Å². The highest BCUT2D eigenvalue weighted by atomic mass is 14.8. The molecule has 1 aliphatic heterocycles. The van der Waals surface area contributed by atoms with E-state index in [-0.39, 0.29) is 0 Å². The molecule has 0 spiro atoms. The minimum Gasteiger partial charge on any atom is -0.286 e. The van der Waals surface area contributed by atoms with Gasteiger partial charge in [-0.15, -0.1) is 6.58 Å². The van der Waals surface area contributed by atoms with Crippen molar-refractivity contribution in [2.75, 3.05) is 0 Å². The first-order valence-electron chi connectivity index (χ1n) is 4.06. The van der Waals surface area contributed by atoms with Gasteiger partial charge in [0.2, 0.25) is 0 Å². The van der Waals surface area contributed by atoms with Gasteiger partial charge in [-0.1, -0.05) is 18.2 Å². The van der Waals surface area contributed by atoms with E-state index >= 15 is 0 Å². The molecule has 1 rings (SSSR count). The first-order chi connectivity index (χ1) is 5.27. The van der Waals surface area contributed by atoms with E-state index in [2.05, 4.69) is 30.6 Å². The van der Waals surface area contributed by atoms with E-state index < -0.39 is 0 Å². The topological polar surface area (TPSA) is 12.4 Å². The Morgan fingerprint density at radius 1 is 1.64 bits per heavy atom. The first-order valence-corrected chi connectivity index (χ1v) is 4.06. The van der Waals surface area contributed by atoms with Crippen molar-refractivity contribution in [1.82, 2.24) is 0 Å². The minimum atomic E-state index is 0.325. The van der Waals surface area contributed by atoms with Crippen LogP contribution < -0.4 is 0 Å². The second-order valence-corrected chi connectivity index (χ2v) is 2.98. The van der Waals surface area contributed by atoms with Crippen LogP contribution in [0.3, 0.4) is 0 Å². The van der Waals surface area contributed by atoms with Crippen LogP contribution in [0.2, 0.25) is 0 Å². The molecule has 2 unspecified atom stereocenters. The van der Waals surface area contributed by atoms with E-state index in [1.165, 1.54) is 5.71 Å². The van der Waals surface area contributed by atoms with Crippen LogP contribution in [0.4, 0.5) is 0 Å². The highest BCUT2D eigenvalue weighted by Crippen LogP contribution is 2.23. The minimum absolute atomic E-state index is 0.325. The zero-order chi connectivity index (χ0) is 8.27. The van der Waals surface area contributed by atoms with Crippen molar-refractivity contribution in [3.05, 3.63) is 24.8 Å². The Bertz CT molecular complexity index is 201. The molecule has 0 N–H and O–H groups in total. The molecule has 0 aromatic rings. The lowest BCUT2D eigenvalue weighted by Crippen LogP contribution is -2.07. The monoisotopic (exact) mass is 149 g/mol. The third-order valence-corrected chi connectivity index (χ3v) is 2.02. The summed E-state index contributed by atoms with van der Waals surface area (Å²) in [4.78, 5) is 4.45. The number of hydrogen-bond acceptors (Lipinski definition) is 1. The number of aliphatic imine (C=N–C) groups is 1. The lowest BCUT2D eigenvalue weighted by Gasteiger charge is -2.07. The third kappa shape index (κ3) is 1.79. The summed E-state index contributed by atoms with van der Waals surface area (Å²) < 4.78 is 0. The zero-order valence-electron chi connectivity index (χ0n) is 7.25. The van der Waals surface area contributed by atoms with E-state index in [4.69, 9.17) is 0 Å². The smallest absolute Gasteiger partial charge is 0.0742 e. The van der Waals surface area contributed by atoms with Gasteiger partial charge in [0.05, 0.1) is 6.04 Å². The number of hydrogen-bond donors (Lipinski definition) is 0. The summed E-state index contributed by atoms with van der Waals surface area (Å²) in [6.07, 6.45) is 7.34. The second-order valence-electron chi connectivity index (χ2n) is 2.98. The van der Waals surface area contributed by atoms with Gasteiger partial charge in [-0.05, 0) is 20.3 Å². The van der Waals surface area contributed by atoms with Crippen molar-refractivity contribution in [1.29, 1.82) is 0 Å². The first kappa shape index (κ1) is 8.25. The summed E-state index contributed by atoms with van der Waals surface area (Å²) in [5.41, 5.74) is 1.25. The van der Waals surface area contributed by atoms with Crippen LogP contribution >= 0.6 is 0 Å². The highest BCUT2D eigenvalue weighted by molar-refractivity contribution is 5.84. The molecule has 11 heavy (non-hydrogen) atoms. The number of rotatable bonds is 2. The van der Waals surface area contributed by atoms with Gasteiger partial charge in [-0.3, -0.25) is 4.99 Å². The molecule has 0 saturated carbocycles. The molecule has 60 valence electrons. The molecule has 0 fully saturated rings. The fourth-order valence-electron chi connectivity index (χ4n) is 1.52. The molecule has 0 radical (unpaired) electrons. The van der Waals surface area contributed by atoms with Crippen molar-refractivity contribution >= 4 is 5.71 Å². The molecule has 0 saturated heterocycles. The maximum Gasteiger partial charge on any atom is 0.0742 e. The maximum atomic E-state index is 4.45. The number of nitrogens with zero attached hydrogens (tertiary/aromatic N) is 1. The Morgan fingerprint density at radius 3 is 2.91 bits per heavy atom. The molecule has 0 aromatic heterocycles. The van der Waals surface area contributed by atoms with Gasteiger partial charge in [0.25, 0.3) is 0 Å². The summed E-state index contributed by atoms with van der Waals surface area (Å²) in [5, 5.41) is 0. The second kappa shape index (κ2) is 3.51. The quantitative estimate of drug-likeness (QED) is 0.535. The largest absolute Gasteiger partial charge is 0.286 e. The molecule has 1 heterocycles. The van der Waals surface area contributed by atoms with Crippen molar-refractivity contribution < 1.29 is 0 Å². The zero-order valence-corrected chi connectivity index (χ0v) is 7.25. The van der Waals surface area contributed by atoms with Crippen molar-refractivity contribution in [2.45, 2.75) is 26.3 Å². The van der Waals surface area contributed by atoms with Gasteiger partial charge >= 0.3 is 0 Å². The lowest BCUT2D eigenvalue weighted by molar-refractivity contribution is 0.643. The van der Waals surface area contributed by atoms with Gasteiger partial charge in [0, 0.05) is 11.6 Å². The molecular formula is C10H15N. The Hall–Kier alpha value is -0.850. The summed E-state index contributed by atoms with van der Waals surface area (Å²) in [5.74, 6) is 0.567. The predicted molar refractivity (Wildman–Crippen MR) is 50.0 cm³/mol. The molecule has 2 atom stereocenters. The van der Waals surface area contributed by atoms with Crippen molar-refractivity contribution in [3.63, 3.8) is 0 Å². The molecule has 1 aliphatic rings. The Balaban J connectivity index is 2.65. The maximum absolute atomic E-state index is 4.45. The van der Waals surface area contributed by atoms with Crippen LogP contribution in [-0.2, 0) is 0 Å². The summed E-state index contributed by atoms with van der Waals surface area (Å²) in [6.45, 7) is 7.90. The molecule has 1 heteroatoms. The van der Waals surface area contributed by atoms with E-state index in [0.717, 1.165) is 6.42 Å². The Morgan fingerprint density at radius 2 is 2.36 bits per heavy atom. The van der Waals surface area contributed by atoms with E-state index in [0.29, 0.717) is 12.0 Å². The van der Waals surface area contributed by atoms with Crippen LogP contribution in [-0.4, -0.2) is 11.8 Å². The van der Waals surface area contributed by atoms with Crippen LogP contribution in [0, 0.1) is 5.92 Å². The molecule has 0 aliphatic carbocycles. The van der Waals surface area contributed by atoms with Crippen molar-refractivity contribution in [3.8, 4) is 0 Å². The van der Waals surface area contributed by atoms with Crippen molar-refractivity contribution in [2.24, 2.45) is 10.9 Å². The van der Waals surface area contributed by atoms with Crippen LogP contribution in [0.5, 0.6) is 0 Å². The summed E-state index contributed by atoms with van der Waals surface area (Å²) in [7, 11) is 0. The van der Waals surface area contributed by atoms with E-state index in [1.807, 2.05) is 13.0 Å². The summed E-state index contributed by atoms with van der Waals surface area (Å²) in [6, 6.07) is 0.325. The van der Waals surface area contributed by atoms with E-state index in [9.17, 15) is 0 Å². The van der Waals surface area contributed by atoms with Gasteiger partial charge in [0.1, 0.15) is 0 Å². The molecule has 0 amide bonds. The van der Waals surface area contributed by atoms with Crippen LogP contribution in [0.25, 0.3) is 0 Å². The average Bonchev–Trinajstić information content (AvgIpc) is 2.32. The normalized spacial score (nSPS) is 30.9.